The van der Waals surface area contributed by atoms with E-state index in [0.29, 0.717) is 11.4 Å². The number of benzene rings is 1. The summed E-state index contributed by atoms with van der Waals surface area (Å²) in [6.07, 6.45) is 0. The van der Waals surface area contributed by atoms with Gasteiger partial charge in [0, 0.05) is 18.7 Å². The third-order valence-corrected chi connectivity index (χ3v) is 2.80. The molecule has 0 aliphatic heterocycles. The molecule has 0 saturated heterocycles. The number of rotatable bonds is 5. The molecule has 1 aromatic carbocycles. The molecule has 106 valence electrons. The van der Waals surface area contributed by atoms with Crippen molar-refractivity contribution in [3.63, 3.8) is 0 Å². The molecule has 0 bridgehead atoms. The van der Waals surface area contributed by atoms with E-state index in [2.05, 4.69) is 10.4 Å². The number of aromatic nitrogens is 2. The van der Waals surface area contributed by atoms with Gasteiger partial charge in [0.1, 0.15) is 11.6 Å². The predicted molar refractivity (Wildman–Crippen MR) is 73.2 cm³/mol. The Morgan fingerprint density at radius 1 is 1.45 bits per heavy atom. The second-order valence-corrected chi connectivity index (χ2v) is 4.13. The van der Waals surface area contributed by atoms with Crippen molar-refractivity contribution < 1.29 is 13.9 Å². The third kappa shape index (κ3) is 2.96. The number of esters is 1. The molecule has 0 amide bonds. The molecule has 2 rings (SSSR count). The first-order valence-corrected chi connectivity index (χ1v) is 6.31. The summed E-state index contributed by atoms with van der Waals surface area (Å²) in [4.78, 5) is 11.6. The van der Waals surface area contributed by atoms with Crippen molar-refractivity contribution in [2.45, 2.75) is 13.5 Å². The summed E-state index contributed by atoms with van der Waals surface area (Å²) in [5, 5.41) is 7.07. The van der Waals surface area contributed by atoms with E-state index in [4.69, 9.17) is 4.74 Å². The van der Waals surface area contributed by atoms with Crippen LogP contribution in [0, 0.1) is 5.82 Å². The van der Waals surface area contributed by atoms with Crippen LogP contribution in [0.5, 0.6) is 0 Å². The van der Waals surface area contributed by atoms with E-state index < -0.39 is 5.97 Å². The molecule has 0 unspecified atom stereocenters. The van der Waals surface area contributed by atoms with E-state index in [1.165, 1.54) is 10.7 Å². The Morgan fingerprint density at radius 3 is 2.85 bits per heavy atom. The minimum Gasteiger partial charge on any atom is -0.461 e. The van der Waals surface area contributed by atoms with Crippen LogP contribution in [0.25, 0.3) is 0 Å². The van der Waals surface area contributed by atoms with Gasteiger partial charge < -0.3 is 10.1 Å². The first-order chi connectivity index (χ1) is 9.65. The van der Waals surface area contributed by atoms with Crippen LogP contribution >= 0.6 is 0 Å². The second-order valence-electron chi connectivity index (χ2n) is 4.13. The zero-order valence-electron chi connectivity index (χ0n) is 11.4. The number of halogens is 1. The summed E-state index contributed by atoms with van der Waals surface area (Å²) in [6.45, 7) is 2.25. The second kappa shape index (κ2) is 6.18. The van der Waals surface area contributed by atoms with Crippen LogP contribution < -0.4 is 5.32 Å². The molecule has 0 aliphatic rings. The van der Waals surface area contributed by atoms with Crippen LogP contribution in [0.3, 0.4) is 0 Å². The number of carbonyl (C=O) groups is 1. The zero-order valence-corrected chi connectivity index (χ0v) is 11.4. The first kappa shape index (κ1) is 14.0. The molecular formula is C14H16FN3O2. The normalized spacial score (nSPS) is 10.3. The molecule has 2 aromatic rings. The van der Waals surface area contributed by atoms with Gasteiger partial charge in [-0.3, -0.25) is 0 Å². The van der Waals surface area contributed by atoms with E-state index in [1.54, 1.807) is 38.2 Å². The summed E-state index contributed by atoms with van der Waals surface area (Å²) in [6, 6.07) is 8.04. The van der Waals surface area contributed by atoms with Crippen molar-refractivity contribution >= 4 is 11.8 Å². The third-order valence-electron chi connectivity index (χ3n) is 2.80. The number of hydrogen-bond acceptors (Lipinski definition) is 4. The lowest BCUT2D eigenvalue weighted by atomic mass is 10.2. The van der Waals surface area contributed by atoms with Crippen molar-refractivity contribution in [1.29, 1.82) is 0 Å². The molecule has 20 heavy (non-hydrogen) atoms. The van der Waals surface area contributed by atoms with E-state index in [9.17, 15) is 9.18 Å². The van der Waals surface area contributed by atoms with Crippen LogP contribution in [-0.4, -0.2) is 29.4 Å². The van der Waals surface area contributed by atoms with Gasteiger partial charge in [-0.1, -0.05) is 18.2 Å². The maximum absolute atomic E-state index is 13.6. The summed E-state index contributed by atoms with van der Waals surface area (Å²) in [5.74, 6) is -0.171. The first-order valence-electron chi connectivity index (χ1n) is 6.31. The Bertz CT molecular complexity index is 610. The number of hydrogen-bond donors (Lipinski definition) is 1. The number of anilines is 1. The molecule has 1 aromatic heterocycles. The van der Waals surface area contributed by atoms with Gasteiger partial charge in [0.25, 0.3) is 0 Å². The van der Waals surface area contributed by atoms with Crippen molar-refractivity contribution in [3.8, 4) is 0 Å². The summed E-state index contributed by atoms with van der Waals surface area (Å²) < 4.78 is 20.1. The molecular weight excluding hydrogens is 261 g/mol. The molecule has 0 spiro atoms. The number of nitrogens with zero attached hydrogens (tertiary/aromatic N) is 2. The van der Waals surface area contributed by atoms with Gasteiger partial charge in [-0.05, 0) is 13.0 Å². The SMILES string of the molecule is CCOC(=O)c1cc(NC)n(Cc2ccccc2F)n1. The van der Waals surface area contributed by atoms with E-state index in [0.717, 1.165) is 0 Å². The summed E-state index contributed by atoms with van der Waals surface area (Å²) in [7, 11) is 1.71. The molecule has 6 heteroatoms. The average molecular weight is 277 g/mol. The van der Waals surface area contributed by atoms with E-state index >= 15 is 0 Å². The largest absolute Gasteiger partial charge is 0.461 e. The monoisotopic (exact) mass is 277 g/mol. The fourth-order valence-corrected chi connectivity index (χ4v) is 1.83. The van der Waals surface area contributed by atoms with E-state index in [-0.39, 0.29) is 24.7 Å². The number of carbonyl (C=O) groups excluding carboxylic acids is 1. The van der Waals surface area contributed by atoms with Crippen LogP contribution in [0.1, 0.15) is 23.0 Å². The Kier molecular flexibility index (Phi) is 4.34. The lowest BCUT2D eigenvalue weighted by Crippen LogP contribution is -2.09. The van der Waals surface area contributed by atoms with Gasteiger partial charge in [-0.25, -0.2) is 13.9 Å². The molecule has 0 fully saturated rings. The fraction of sp³-hybridized carbons (Fsp3) is 0.286. The molecule has 0 radical (unpaired) electrons. The van der Waals surface area contributed by atoms with Gasteiger partial charge in [0.05, 0.1) is 13.2 Å². The molecule has 0 atom stereocenters. The minimum absolute atomic E-state index is 0.201. The molecule has 0 aliphatic carbocycles. The van der Waals surface area contributed by atoms with Gasteiger partial charge in [0.15, 0.2) is 5.69 Å². The molecule has 5 nitrogen and oxygen atoms in total. The Morgan fingerprint density at radius 2 is 2.20 bits per heavy atom. The van der Waals surface area contributed by atoms with Gasteiger partial charge in [-0.2, -0.15) is 5.10 Å². The molecule has 0 saturated carbocycles. The molecule has 1 heterocycles. The topological polar surface area (TPSA) is 56.1 Å². The minimum atomic E-state index is -0.490. The van der Waals surface area contributed by atoms with Gasteiger partial charge in [0.2, 0.25) is 0 Å². The quantitative estimate of drug-likeness (QED) is 0.852. The Hall–Kier alpha value is -2.37. The predicted octanol–water partition coefficient (Wildman–Crippen LogP) is 2.29. The van der Waals surface area contributed by atoms with Crippen LogP contribution in [0.15, 0.2) is 30.3 Å². The number of ether oxygens (including phenoxy) is 1. The number of nitrogens with one attached hydrogen (secondary N) is 1. The van der Waals surface area contributed by atoms with Crippen molar-refractivity contribution in [2.75, 3.05) is 19.0 Å². The Balaban J connectivity index is 2.27. The Labute approximate surface area is 116 Å². The fourth-order valence-electron chi connectivity index (χ4n) is 1.83. The highest BCUT2D eigenvalue weighted by molar-refractivity contribution is 5.88. The highest BCUT2D eigenvalue weighted by Crippen LogP contribution is 2.15. The van der Waals surface area contributed by atoms with Crippen LogP contribution in [-0.2, 0) is 11.3 Å². The lowest BCUT2D eigenvalue weighted by Gasteiger charge is -2.07. The van der Waals surface area contributed by atoms with Crippen molar-refractivity contribution in [2.24, 2.45) is 0 Å². The lowest BCUT2D eigenvalue weighted by molar-refractivity contribution is 0.0518. The summed E-state index contributed by atoms with van der Waals surface area (Å²) >= 11 is 0. The molecule has 1 N–H and O–H groups in total. The summed E-state index contributed by atoms with van der Waals surface area (Å²) in [5.41, 5.74) is 0.704. The van der Waals surface area contributed by atoms with Crippen molar-refractivity contribution in [3.05, 3.63) is 47.4 Å². The smallest absolute Gasteiger partial charge is 0.358 e. The van der Waals surface area contributed by atoms with Gasteiger partial charge >= 0.3 is 5.97 Å². The van der Waals surface area contributed by atoms with Gasteiger partial charge in [-0.15, -0.1) is 0 Å². The zero-order chi connectivity index (χ0) is 14.5. The maximum Gasteiger partial charge on any atom is 0.358 e. The van der Waals surface area contributed by atoms with Crippen LogP contribution in [0.4, 0.5) is 10.2 Å². The maximum atomic E-state index is 13.6. The van der Waals surface area contributed by atoms with Crippen molar-refractivity contribution in [1.82, 2.24) is 9.78 Å². The highest BCUT2D eigenvalue weighted by atomic mass is 19.1. The average Bonchev–Trinajstić information content (AvgIpc) is 2.85. The standard InChI is InChI=1S/C14H16FN3O2/c1-3-20-14(19)12-8-13(16-2)18(17-12)9-10-6-4-5-7-11(10)15/h4-8,16H,3,9H2,1-2H3. The van der Waals surface area contributed by atoms with Crippen LogP contribution in [0.2, 0.25) is 0 Å². The van der Waals surface area contributed by atoms with E-state index in [1.807, 2.05) is 0 Å². The highest BCUT2D eigenvalue weighted by Gasteiger charge is 2.15.